The average Bonchev–Trinajstić information content (AvgIpc) is 3.52. The zero-order chi connectivity index (χ0) is 25.2. The lowest BCUT2D eigenvalue weighted by molar-refractivity contribution is 0.0242. The van der Waals surface area contributed by atoms with Crippen LogP contribution in [0, 0.1) is 11.6 Å². The van der Waals surface area contributed by atoms with Crippen molar-refractivity contribution < 1.29 is 18.0 Å². The van der Waals surface area contributed by atoms with Crippen LogP contribution in [-0.2, 0) is 11.3 Å². The van der Waals surface area contributed by atoms with Gasteiger partial charge in [0.05, 0.1) is 12.7 Å². The predicted octanol–water partition coefficient (Wildman–Crippen LogP) is 3.38. The van der Waals surface area contributed by atoms with Crippen LogP contribution >= 0.6 is 0 Å². The molecule has 192 valence electrons. The molecule has 3 aromatic rings. The molecule has 0 aliphatic carbocycles. The monoisotopic (exact) mass is 499 g/mol. The van der Waals surface area contributed by atoms with Crippen LogP contribution in [0.5, 0.6) is 0 Å². The third kappa shape index (κ3) is 5.31. The smallest absolute Gasteiger partial charge is 0.324 e. The number of aromatic nitrogens is 4. The van der Waals surface area contributed by atoms with Crippen molar-refractivity contribution in [2.45, 2.75) is 57.3 Å². The third-order valence-electron chi connectivity index (χ3n) is 6.84. The molecule has 9 nitrogen and oxygen atoms in total. The van der Waals surface area contributed by atoms with Crippen molar-refractivity contribution in [2.24, 2.45) is 5.73 Å². The summed E-state index contributed by atoms with van der Waals surface area (Å²) in [5, 5.41) is 4.04. The lowest BCUT2D eigenvalue weighted by Crippen LogP contribution is -2.37. The number of nitrogens with two attached hydrogens (primary N) is 1. The van der Waals surface area contributed by atoms with Crippen LogP contribution in [0.2, 0.25) is 0 Å². The van der Waals surface area contributed by atoms with Gasteiger partial charge in [-0.15, -0.1) is 0 Å². The molecule has 0 radical (unpaired) electrons. The van der Waals surface area contributed by atoms with Crippen LogP contribution < -0.4 is 15.5 Å². The molecule has 1 aromatic carbocycles. The van der Waals surface area contributed by atoms with E-state index in [-0.39, 0.29) is 24.0 Å². The molecule has 2 aliphatic rings. The Balaban J connectivity index is 1.11. The standard InChI is InChI=1S/C25H31F2N7O2/c1-15(2)23-31-25(36-32-23)33-7-5-18(6-8-33)35-14-16-10-29-24(30-11-16)34-12-20(22(28)13-34)19-9-17(26)3-4-21(19)27/h3-4,9-11,15,18,20,22H,5-8,12-14,28H2,1-2H3. The summed E-state index contributed by atoms with van der Waals surface area (Å²) in [6, 6.07) is 3.71. The fraction of sp³-hybridized carbons (Fsp3) is 0.520. The summed E-state index contributed by atoms with van der Waals surface area (Å²) in [7, 11) is 0. The normalized spacial score (nSPS) is 21.1. The molecule has 0 amide bonds. The maximum Gasteiger partial charge on any atom is 0.324 e. The predicted molar refractivity (Wildman–Crippen MR) is 130 cm³/mol. The van der Waals surface area contributed by atoms with Gasteiger partial charge in [0, 0.05) is 62.0 Å². The van der Waals surface area contributed by atoms with Gasteiger partial charge in [0.1, 0.15) is 11.6 Å². The van der Waals surface area contributed by atoms with Gasteiger partial charge in [0.2, 0.25) is 5.95 Å². The van der Waals surface area contributed by atoms with Crippen molar-refractivity contribution >= 4 is 12.0 Å². The minimum Gasteiger partial charge on any atom is -0.373 e. The van der Waals surface area contributed by atoms with Crippen LogP contribution in [0.1, 0.15) is 55.5 Å². The van der Waals surface area contributed by atoms with Crippen LogP contribution in [0.3, 0.4) is 0 Å². The molecule has 2 aliphatic heterocycles. The summed E-state index contributed by atoms with van der Waals surface area (Å²) in [6.07, 6.45) is 5.34. The number of anilines is 2. The van der Waals surface area contributed by atoms with Gasteiger partial charge in [-0.25, -0.2) is 18.7 Å². The first-order valence-electron chi connectivity index (χ1n) is 12.3. The van der Waals surface area contributed by atoms with Crippen molar-refractivity contribution in [1.82, 2.24) is 20.1 Å². The quantitative estimate of drug-likeness (QED) is 0.524. The third-order valence-corrected chi connectivity index (χ3v) is 6.84. The van der Waals surface area contributed by atoms with E-state index in [1.807, 2.05) is 18.7 Å². The number of rotatable bonds is 7. The lowest BCUT2D eigenvalue weighted by atomic mass is 9.94. The Kier molecular flexibility index (Phi) is 7.10. The number of halogens is 2. The highest BCUT2D eigenvalue weighted by atomic mass is 19.1. The average molecular weight is 500 g/mol. The molecule has 0 saturated carbocycles. The van der Waals surface area contributed by atoms with E-state index in [0.29, 0.717) is 37.2 Å². The highest BCUT2D eigenvalue weighted by Gasteiger charge is 2.34. The molecule has 36 heavy (non-hydrogen) atoms. The summed E-state index contributed by atoms with van der Waals surface area (Å²) in [6.45, 7) is 6.97. The number of piperidine rings is 1. The fourth-order valence-corrected chi connectivity index (χ4v) is 4.72. The van der Waals surface area contributed by atoms with Gasteiger partial charge in [-0.05, 0) is 36.6 Å². The van der Waals surface area contributed by atoms with Crippen molar-refractivity contribution in [3.8, 4) is 0 Å². The fourth-order valence-electron chi connectivity index (χ4n) is 4.72. The van der Waals surface area contributed by atoms with Gasteiger partial charge in [-0.3, -0.25) is 0 Å². The van der Waals surface area contributed by atoms with E-state index < -0.39 is 11.6 Å². The van der Waals surface area contributed by atoms with E-state index in [9.17, 15) is 8.78 Å². The molecular weight excluding hydrogens is 468 g/mol. The molecule has 2 saturated heterocycles. The minimum atomic E-state index is -0.474. The zero-order valence-corrected chi connectivity index (χ0v) is 20.5. The second kappa shape index (κ2) is 10.4. The summed E-state index contributed by atoms with van der Waals surface area (Å²) >= 11 is 0. The van der Waals surface area contributed by atoms with Gasteiger partial charge in [-0.1, -0.05) is 19.0 Å². The van der Waals surface area contributed by atoms with Gasteiger partial charge in [-0.2, -0.15) is 4.98 Å². The van der Waals surface area contributed by atoms with E-state index in [4.69, 9.17) is 15.0 Å². The van der Waals surface area contributed by atoms with Crippen molar-refractivity contribution in [3.05, 3.63) is 59.2 Å². The molecular formula is C25H31F2N7O2. The van der Waals surface area contributed by atoms with E-state index in [2.05, 4.69) is 25.0 Å². The Hall–Kier alpha value is -3.18. The topological polar surface area (TPSA) is 106 Å². The molecule has 2 aromatic heterocycles. The van der Waals surface area contributed by atoms with Crippen molar-refractivity contribution in [2.75, 3.05) is 36.0 Å². The first kappa shape index (κ1) is 24.5. The van der Waals surface area contributed by atoms with Crippen LogP contribution in [0.25, 0.3) is 0 Å². The molecule has 0 bridgehead atoms. The Labute approximate surface area is 208 Å². The molecule has 11 heteroatoms. The van der Waals surface area contributed by atoms with Crippen LogP contribution in [0.15, 0.2) is 35.1 Å². The van der Waals surface area contributed by atoms with E-state index in [1.54, 1.807) is 12.4 Å². The molecule has 0 spiro atoms. The highest BCUT2D eigenvalue weighted by molar-refractivity contribution is 5.38. The highest BCUT2D eigenvalue weighted by Crippen LogP contribution is 2.31. The van der Waals surface area contributed by atoms with Crippen molar-refractivity contribution in [1.29, 1.82) is 0 Å². The lowest BCUT2D eigenvalue weighted by Gasteiger charge is -2.30. The molecule has 4 heterocycles. The Bertz CT molecular complexity index is 1170. The first-order chi connectivity index (χ1) is 17.4. The van der Waals surface area contributed by atoms with Gasteiger partial charge in [0.25, 0.3) is 0 Å². The first-order valence-corrected chi connectivity index (χ1v) is 12.3. The van der Waals surface area contributed by atoms with Gasteiger partial charge >= 0.3 is 6.01 Å². The Morgan fingerprint density at radius 3 is 2.56 bits per heavy atom. The summed E-state index contributed by atoms with van der Waals surface area (Å²) in [4.78, 5) is 17.4. The molecule has 2 atom stereocenters. The maximum atomic E-state index is 14.3. The molecule has 2 fully saturated rings. The summed E-state index contributed by atoms with van der Waals surface area (Å²) in [5.41, 5.74) is 7.42. The second-order valence-electron chi connectivity index (χ2n) is 9.82. The number of benzene rings is 1. The van der Waals surface area contributed by atoms with Crippen LogP contribution in [0.4, 0.5) is 20.7 Å². The zero-order valence-electron chi connectivity index (χ0n) is 20.5. The van der Waals surface area contributed by atoms with E-state index >= 15 is 0 Å². The maximum absolute atomic E-state index is 14.3. The molecule has 2 unspecified atom stereocenters. The van der Waals surface area contributed by atoms with Gasteiger partial charge in [0.15, 0.2) is 5.82 Å². The van der Waals surface area contributed by atoms with E-state index in [0.717, 1.165) is 49.5 Å². The minimum absolute atomic E-state index is 0.131. The summed E-state index contributed by atoms with van der Waals surface area (Å²) < 4.78 is 39.4. The van der Waals surface area contributed by atoms with Crippen molar-refractivity contribution in [3.63, 3.8) is 0 Å². The number of ether oxygens (including phenoxy) is 1. The van der Waals surface area contributed by atoms with Crippen LogP contribution in [-0.4, -0.2) is 58.4 Å². The Morgan fingerprint density at radius 2 is 1.86 bits per heavy atom. The SMILES string of the molecule is CC(C)c1noc(N2CCC(OCc3cnc(N4CC(N)C(c5cc(F)ccc5F)C4)nc3)CC2)n1. The summed E-state index contributed by atoms with van der Waals surface area (Å²) in [5.74, 6) is 0.217. The number of hydrogen-bond donors (Lipinski definition) is 1. The Morgan fingerprint density at radius 1 is 1.11 bits per heavy atom. The second-order valence-corrected chi connectivity index (χ2v) is 9.82. The number of nitrogens with zero attached hydrogens (tertiary/aromatic N) is 6. The number of hydrogen-bond acceptors (Lipinski definition) is 9. The van der Waals surface area contributed by atoms with Gasteiger partial charge < -0.3 is 24.8 Å². The molecule has 2 N–H and O–H groups in total. The molecule has 5 rings (SSSR count). The largest absolute Gasteiger partial charge is 0.373 e. The van der Waals surface area contributed by atoms with E-state index in [1.165, 1.54) is 6.07 Å².